The van der Waals surface area contributed by atoms with Gasteiger partial charge in [0.2, 0.25) is 0 Å². The molecule has 2 nitrogen and oxygen atoms in total. The lowest BCUT2D eigenvalue weighted by Crippen LogP contribution is -1.91. The SMILES string of the molecule is C=C(C=O)/C=C\C(=C/C)Oc1ccccc1. The molecule has 0 amide bonds. The molecule has 0 atom stereocenters. The molecule has 0 saturated heterocycles. The van der Waals surface area contributed by atoms with Crippen LogP contribution in [0.25, 0.3) is 0 Å². The van der Waals surface area contributed by atoms with Crippen LogP contribution in [0.1, 0.15) is 6.92 Å². The van der Waals surface area contributed by atoms with E-state index >= 15 is 0 Å². The zero-order valence-corrected chi connectivity index (χ0v) is 9.22. The van der Waals surface area contributed by atoms with Gasteiger partial charge >= 0.3 is 0 Å². The monoisotopic (exact) mass is 214 g/mol. The van der Waals surface area contributed by atoms with Crippen molar-refractivity contribution < 1.29 is 9.53 Å². The van der Waals surface area contributed by atoms with Crippen molar-refractivity contribution in [3.63, 3.8) is 0 Å². The first kappa shape index (κ1) is 12.0. The van der Waals surface area contributed by atoms with Gasteiger partial charge in [-0.25, -0.2) is 0 Å². The Bertz CT molecular complexity index is 414. The van der Waals surface area contributed by atoms with Crippen LogP contribution in [0, 0.1) is 0 Å². The minimum atomic E-state index is 0.413. The maximum Gasteiger partial charge on any atom is 0.149 e. The Kier molecular flexibility index (Phi) is 4.80. The third kappa shape index (κ3) is 3.96. The van der Waals surface area contributed by atoms with E-state index < -0.39 is 0 Å². The summed E-state index contributed by atoms with van der Waals surface area (Å²) in [5.74, 6) is 1.44. The fourth-order valence-electron chi connectivity index (χ4n) is 1.04. The summed E-state index contributed by atoms with van der Waals surface area (Å²) in [6.45, 7) is 5.42. The number of ether oxygens (including phenoxy) is 1. The molecule has 1 aromatic carbocycles. The summed E-state index contributed by atoms with van der Waals surface area (Å²) >= 11 is 0. The second-order valence-electron chi connectivity index (χ2n) is 3.13. The number of allylic oxidation sites excluding steroid dienone is 4. The van der Waals surface area contributed by atoms with Crippen molar-refractivity contribution in [1.29, 1.82) is 0 Å². The molecule has 0 spiro atoms. The van der Waals surface area contributed by atoms with Crippen LogP contribution < -0.4 is 4.74 Å². The summed E-state index contributed by atoms with van der Waals surface area (Å²) in [4.78, 5) is 10.4. The van der Waals surface area contributed by atoms with E-state index in [2.05, 4.69) is 6.58 Å². The van der Waals surface area contributed by atoms with Crippen LogP contribution in [0.4, 0.5) is 0 Å². The summed E-state index contributed by atoms with van der Waals surface area (Å²) in [6, 6.07) is 9.46. The summed E-state index contributed by atoms with van der Waals surface area (Å²) < 4.78 is 5.58. The summed E-state index contributed by atoms with van der Waals surface area (Å²) in [5, 5.41) is 0. The van der Waals surface area contributed by atoms with E-state index in [1.165, 1.54) is 0 Å². The first-order valence-corrected chi connectivity index (χ1v) is 4.97. The topological polar surface area (TPSA) is 26.3 Å². The van der Waals surface area contributed by atoms with Crippen molar-refractivity contribution in [3.8, 4) is 5.75 Å². The second kappa shape index (κ2) is 6.40. The Labute approximate surface area is 95.6 Å². The molecule has 0 fully saturated rings. The quantitative estimate of drug-likeness (QED) is 0.325. The number of aldehydes is 1. The van der Waals surface area contributed by atoms with E-state index in [1.807, 2.05) is 43.3 Å². The number of carbonyl (C=O) groups is 1. The molecule has 82 valence electrons. The van der Waals surface area contributed by atoms with Crippen LogP contribution >= 0.6 is 0 Å². The van der Waals surface area contributed by atoms with Gasteiger partial charge in [0, 0.05) is 5.57 Å². The molecule has 1 rings (SSSR count). The fourth-order valence-corrected chi connectivity index (χ4v) is 1.04. The van der Waals surface area contributed by atoms with Gasteiger partial charge in [0.25, 0.3) is 0 Å². The maximum atomic E-state index is 10.4. The summed E-state index contributed by atoms with van der Waals surface area (Å²) in [5.41, 5.74) is 0.413. The zero-order chi connectivity index (χ0) is 11.8. The Hall–Kier alpha value is -2.09. The molecule has 0 unspecified atom stereocenters. The van der Waals surface area contributed by atoms with Gasteiger partial charge in [-0.15, -0.1) is 0 Å². The smallest absolute Gasteiger partial charge is 0.149 e. The maximum absolute atomic E-state index is 10.4. The van der Waals surface area contributed by atoms with Crippen molar-refractivity contribution in [2.75, 3.05) is 0 Å². The highest BCUT2D eigenvalue weighted by Crippen LogP contribution is 2.13. The molecule has 0 aliphatic rings. The van der Waals surface area contributed by atoms with Crippen LogP contribution in [0.15, 0.2) is 66.5 Å². The normalized spacial score (nSPS) is 11.4. The number of para-hydroxylation sites is 1. The van der Waals surface area contributed by atoms with E-state index in [4.69, 9.17) is 4.74 Å². The van der Waals surface area contributed by atoms with Gasteiger partial charge in [0.1, 0.15) is 17.8 Å². The van der Waals surface area contributed by atoms with E-state index in [9.17, 15) is 4.79 Å². The Morgan fingerprint density at radius 3 is 2.50 bits per heavy atom. The lowest BCUT2D eigenvalue weighted by molar-refractivity contribution is -0.104. The highest BCUT2D eigenvalue weighted by atomic mass is 16.5. The van der Waals surface area contributed by atoms with Crippen LogP contribution in [0.5, 0.6) is 5.75 Å². The highest BCUT2D eigenvalue weighted by Gasteiger charge is 1.94. The molecule has 0 aliphatic carbocycles. The van der Waals surface area contributed by atoms with Crippen molar-refractivity contribution in [2.24, 2.45) is 0 Å². The van der Waals surface area contributed by atoms with E-state index in [0.717, 1.165) is 5.75 Å². The molecule has 1 aromatic rings. The molecular weight excluding hydrogens is 200 g/mol. The third-order valence-corrected chi connectivity index (χ3v) is 1.88. The van der Waals surface area contributed by atoms with Crippen molar-refractivity contribution in [3.05, 3.63) is 66.5 Å². The van der Waals surface area contributed by atoms with Gasteiger partial charge < -0.3 is 4.74 Å². The number of rotatable bonds is 5. The highest BCUT2D eigenvalue weighted by molar-refractivity contribution is 5.76. The van der Waals surface area contributed by atoms with Gasteiger partial charge in [-0.3, -0.25) is 4.79 Å². The number of hydrogen-bond donors (Lipinski definition) is 0. The van der Waals surface area contributed by atoms with E-state index in [-0.39, 0.29) is 0 Å². The van der Waals surface area contributed by atoms with Gasteiger partial charge in [-0.1, -0.05) is 24.8 Å². The Morgan fingerprint density at radius 1 is 1.25 bits per heavy atom. The predicted molar refractivity (Wildman–Crippen MR) is 65.2 cm³/mol. The molecule has 0 N–H and O–H groups in total. The van der Waals surface area contributed by atoms with Gasteiger partial charge in [0.15, 0.2) is 0 Å². The van der Waals surface area contributed by atoms with Crippen LogP contribution in [0.3, 0.4) is 0 Å². The standard InChI is InChI=1S/C14H14O2/c1-3-13(10-9-12(2)11-15)16-14-7-5-4-6-8-14/h3-11H,2H2,1H3/b10-9-,13-3+. The first-order chi connectivity index (χ1) is 7.76. The minimum absolute atomic E-state index is 0.413. The lowest BCUT2D eigenvalue weighted by atomic mass is 10.3. The Morgan fingerprint density at radius 2 is 1.94 bits per heavy atom. The van der Waals surface area contributed by atoms with Crippen LogP contribution in [0.2, 0.25) is 0 Å². The van der Waals surface area contributed by atoms with E-state index in [1.54, 1.807) is 12.2 Å². The summed E-state index contributed by atoms with van der Waals surface area (Å²) in [6.07, 6.45) is 5.85. The van der Waals surface area contributed by atoms with Crippen molar-refractivity contribution in [2.45, 2.75) is 6.92 Å². The molecule has 2 heteroatoms. The van der Waals surface area contributed by atoms with E-state index in [0.29, 0.717) is 17.6 Å². The minimum Gasteiger partial charge on any atom is -0.458 e. The number of benzene rings is 1. The lowest BCUT2D eigenvalue weighted by Gasteiger charge is -2.05. The van der Waals surface area contributed by atoms with Gasteiger partial charge in [-0.2, -0.15) is 0 Å². The molecular formula is C14H14O2. The predicted octanol–water partition coefficient (Wildman–Crippen LogP) is 3.28. The third-order valence-electron chi connectivity index (χ3n) is 1.88. The largest absolute Gasteiger partial charge is 0.458 e. The van der Waals surface area contributed by atoms with Crippen molar-refractivity contribution in [1.82, 2.24) is 0 Å². The molecule has 0 aliphatic heterocycles. The number of hydrogen-bond acceptors (Lipinski definition) is 2. The zero-order valence-electron chi connectivity index (χ0n) is 9.22. The average Bonchev–Trinajstić information content (AvgIpc) is 2.35. The summed E-state index contributed by atoms with van der Waals surface area (Å²) in [7, 11) is 0. The molecule has 0 bridgehead atoms. The molecule has 0 radical (unpaired) electrons. The number of carbonyl (C=O) groups excluding carboxylic acids is 1. The van der Waals surface area contributed by atoms with Crippen LogP contribution in [-0.4, -0.2) is 6.29 Å². The molecule has 0 saturated carbocycles. The average molecular weight is 214 g/mol. The van der Waals surface area contributed by atoms with Gasteiger partial charge in [0.05, 0.1) is 0 Å². The van der Waals surface area contributed by atoms with Crippen molar-refractivity contribution >= 4 is 6.29 Å². The molecule has 0 heterocycles. The first-order valence-electron chi connectivity index (χ1n) is 4.97. The van der Waals surface area contributed by atoms with Gasteiger partial charge in [-0.05, 0) is 37.3 Å². The second-order valence-corrected chi connectivity index (χ2v) is 3.13. The Balaban J connectivity index is 2.68. The molecule has 0 aromatic heterocycles. The fraction of sp³-hybridized carbons (Fsp3) is 0.0714. The molecule has 16 heavy (non-hydrogen) atoms. The van der Waals surface area contributed by atoms with Crippen LogP contribution in [-0.2, 0) is 4.79 Å².